The van der Waals surface area contributed by atoms with Gasteiger partial charge in [-0.15, -0.1) is 0 Å². The highest BCUT2D eigenvalue weighted by Gasteiger charge is 2.00. The Balaban J connectivity index is 1.75. The predicted molar refractivity (Wildman–Crippen MR) is 77.0 cm³/mol. The summed E-state index contributed by atoms with van der Waals surface area (Å²) in [5.74, 6) is 1.38. The summed E-state index contributed by atoms with van der Waals surface area (Å²) in [6, 6.07) is 10.3. The van der Waals surface area contributed by atoms with Crippen molar-refractivity contribution in [2.45, 2.75) is 13.0 Å². The van der Waals surface area contributed by atoms with Crippen molar-refractivity contribution in [3.05, 3.63) is 59.8 Å². The van der Waals surface area contributed by atoms with E-state index in [0.717, 1.165) is 24.3 Å². The minimum absolute atomic E-state index is 0.231. The number of nitrogens with one attached hydrogen (secondary N) is 2. The first kappa shape index (κ1) is 14.1. The van der Waals surface area contributed by atoms with Crippen LogP contribution in [0.1, 0.15) is 11.3 Å². The molecule has 0 aliphatic carbocycles. The van der Waals surface area contributed by atoms with E-state index in [-0.39, 0.29) is 5.82 Å². The van der Waals surface area contributed by atoms with Crippen LogP contribution in [0.15, 0.2) is 52.1 Å². The molecule has 0 fully saturated rings. The van der Waals surface area contributed by atoms with Crippen LogP contribution in [-0.2, 0) is 13.0 Å². The van der Waals surface area contributed by atoms with Gasteiger partial charge in [-0.2, -0.15) is 0 Å². The molecule has 2 aromatic rings. The zero-order chi connectivity index (χ0) is 14.2. The van der Waals surface area contributed by atoms with Crippen LogP contribution in [0.5, 0.6) is 0 Å². The van der Waals surface area contributed by atoms with Gasteiger partial charge in [0.05, 0.1) is 6.26 Å². The second-order valence-corrected chi connectivity index (χ2v) is 4.31. The molecule has 0 saturated heterocycles. The van der Waals surface area contributed by atoms with Crippen LogP contribution in [0.4, 0.5) is 4.39 Å². The van der Waals surface area contributed by atoms with Gasteiger partial charge in [-0.05, 0) is 29.8 Å². The lowest BCUT2D eigenvalue weighted by molar-refractivity contribution is 0.507. The molecule has 0 spiro atoms. The number of guanidine groups is 1. The standard InChI is InChI=1S/C15H18FN3O/c1-17-15(18-8-7-14-6-3-9-20-14)19-11-12-4-2-5-13(16)10-12/h2-6,9-10H,7-8,11H2,1H3,(H2,17,18,19). The molecule has 0 bridgehead atoms. The van der Waals surface area contributed by atoms with Gasteiger partial charge in [0.25, 0.3) is 0 Å². The molecular formula is C15H18FN3O. The molecule has 0 aliphatic rings. The van der Waals surface area contributed by atoms with Crippen molar-refractivity contribution in [3.8, 4) is 0 Å². The van der Waals surface area contributed by atoms with E-state index in [1.54, 1.807) is 19.4 Å². The highest BCUT2D eigenvalue weighted by atomic mass is 19.1. The number of hydrogen-bond donors (Lipinski definition) is 2. The van der Waals surface area contributed by atoms with E-state index in [2.05, 4.69) is 15.6 Å². The fourth-order valence-corrected chi connectivity index (χ4v) is 1.81. The van der Waals surface area contributed by atoms with Crippen LogP contribution in [0.2, 0.25) is 0 Å². The maximum absolute atomic E-state index is 13.0. The number of benzene rings is 1. The molecular weight excluding hydrogens is 257 g/mol. The monoisotopic (exact) mass is 275 g/mol. The lowest BCUT2D eigenvalue weighted by Crippen LogP contribution is -2.37. The average Bonchev–Trinajstić information content (AvgIpc) is 2.96. The Morgan fingerprint density at radius 2 is 2.15 bits per heavy atom. The van der Waals surface area contributed by atoms with Crippen molar-refractivity contribution in [2.75, 3.05) is 13.6 Å². The van der Waals surface area contributed by atoms with E-state index >= 15 is 0 Å². The summed E-state index contributed by atoms with van der Waals surface area (Å²) in [7, 11) is 1.70. The molecule has 0 aliphatic heterocycles. The van der Waals surface area contributed by atoms with Gasteiger partial charge < -0.3 is 15.1 Å². The Morgan fingerprint density at radius 3 is 2.85 bits per heavy atom. The SMILES string of the molecule is CN=C(NCCc1ccco1)NCc1cccc(F)c1. The summed E-state index contributed by atoms with van der Waals surface area (Å²) in [4.78, 5) is 4.11. The van der Waals surface area contributed by atoms with Crippen molar-refractivity contribution in [1.82, 2.24) is 10.6 Å². The van der Waals surface area contributed by atoms with Gasteiger partial charge >= 0.3 is 0 Å². The van der Waals surface area contributed by atoms with E-state index in [4.69, 9.17) is 4.42 Å². The van der Waals surface area contributed by atoms with Crippen LogP contribution in [-0.4, -0.2) is 19.6 Å². The molecule has 20 heavy (non-hydrogen) atoms. The summed E-state index contributed by atoms with van der Waals surface area (Å²) in [6.07, 6.45) is 2.44. The maximum atomic E-state index is 13.0. The first-order chi connectivity index (χ1) is 9.78. The Morgan fingerprint density at radius 1 is 1.25 bits per heavy atom. The Hall–Kier alpha value is -2.30. The normalized spacial score (nSPS) is 11.4. The van der Waals surface area contributed by atoms with E-state index in [1.807, 2.05) is 18.2 Å². The second kappa shape index (κ2) is 7.33. The Bertz CT molecular complexity index is 552. The number of hydrogen-bond acceptors (Lipinski definition) is 2. The highest BCUT2D eigenvalue weighted by Crippen LogP contribution is 2.02. The number of halogens is 1. The van der Waals surface area contributed by atoms with Crippen LogP contribution in [0, 0.1) is 5.82 Å². The molecule has 0 saturated carbocycles. The molecule has 106 valence electrons. The van der Waals surface area contributed by atoms with Crippen LogP contribution >= 0.6 is 0 Å². The number of furan rings is 1. The quantitative estimate of drug-likeness (QED) is 0.650. The van der Waals surface area contributed by atoms with Gasteiger partial charge in [0, 0.05) is 26.6 Å². The van der Waals surface area contributed by atoms with E-state index < -0.39 is 0 Å². The molecule has 2 rings (SSSR count). The first-order valence-electron chi connectivity index (χ1n) is 6.49. The van der Waals surface area contributed by atoms with Gasteiger partial charge in [0.2, 0.25) is 0 Å². The van der Waals surface area contributed by atoms with Gasteiger partial charge in [0.15, 0.2) is 5.96 Å². The molecule has 4 nitrogen and oxygen atoms in total. The van der Waals surface area contributed by atoms with E-state index in [1.165, 1.54) is 12.1 Å². The molecule has 0 atom stereocenters. The van der Waals surface area contributed by atoms with Gasteiger partial charge in [-0.1, -0.05) is 12.1 Å². The van der Waals surface area contributed by atoms with E-state index in [9.17, 15) is 4.39 Å². The Labute approximate surface area is 117 Å². The van der Waals surface area contributed by atoms with Gasteiger partial charge in [-0.25, -0.2) is 4.39 Å². The Kier molecular flexibility index (Phi) is 5.17. The molecule has 0 radical (unpaired) electrons. The van der Waals surface area contributed by atoms with Crippen molar-refractivity contribution >= 4 is 5.96 Å². The third-order valence-corrected chi connectivity index (χ3v) is 2.82. The van der Waals surface area contributed by atoms with Crippen molar-refractivity contribution in [3.63, 3.8) is 0 Å². The third-order valence-electron chi connectivity index (χ3n) is 2.82. The molecule has 5 heteroatoms. The predicted octanol–water partition coefficient (Wildman–Crippen LogP) is 2.33. The largest absolute Gasteiger partial charge is 0.469 e. The van der Waals surface area contributed by atoms with Crippen molar-refractivity contribution in [1.29, 1.82) is 0 Å². The molecule has 2 N–H and O–H groups in total. The molecule has 1 aromatic heterocycles. The summed E-state index contributed by atoms with van der Waals surface area (Å²) < 4.78 is 18.3. The smallest absolute Gasteiger partial charge is 0.191 e. The lowest BCUT2D eigenvalue weighted by atomic mass is 10.2. The minimum Gasteiger partial charge on any atom is -0.469 e. The topological polar surface area (TPSA) is 49.6 Å². The lowest BCUT2D eigenvalue weighted by Gasteiger charge is -2.11. The average molecular weight is 275 g/mol. The van der Waals surface area contributed by atoms with Gasteiger partial charge in [-0.3, -0.25) is 4.99 Å². The maximum Gasteiger partial charge on any atom is 0.191 e. The van der Waals surface area contributed by atoms with Gasteiger partial charge in [0.1, 0.15) is 11.6 Å². The number of aliphatic imine (C=N–C) groups is 1. The number of rotatable bonds is 5. The summed E-state index contributed by atoms with van der Waals surface area (Å²) in [5, 5.41) is 6.31. The third kappa shape index (κ3) is 4.42. The fraction of sp³-hybridized carbons (Fsp3) is 0.267. The second-order valence-electron chi connectivity index (χ2n) is 4.31. The minimum atomic E-state index is -0.231. The highest BCUT2D eigenvalue weighted by molar-refractivity contribution is 5.79. The summed E-state index contributed by atoms with van der Waals surface area (Å²) >= 11 is 0. The zero-order valence-corrected chi connectivity index (χ0v) is 11.4. The molecule has 0 unspecified atom stereocenters. The van der Waals surface area contributed by atoms with E-state index in [0.29, 0.717) is 12.5 Å². The molecule has 1 heterocycles. The summed E-state index contributed by atoms with van der Waals surface area (Å²) in [6.45, 7) is 1.24. The number of nitrogens with zero attached hydrogens (tertiary/aromatic N) is 1. The van der Waals surface area contributed by atoms with Crippen LogP contribution in [0.3, 0.4) is 0 Å². The molecule has 0 amide bonds. The first-order valence-corrected chi connectivity index (χ1v) is 6.49. The molecule has 1 aromatic carbocycles. The van der Waals surface area contributed by atoms with Crippen molar-refractivity contribution < 1.29 is 8.81 Å². The fourth-order valence-electron chi connectivity index (χ4n) is 1.81. The van der Waals surface area contributed by atoms with Crippen LogP contribution < -0.4 is 10.6 Å². The van der Waals surface area contributed by atoms with Crippen molar-refractivity contribution in [2.24, 2.45) is 4.99 Å². The summed E-state index contributed by atoms with van der Waals surface area (Å²) in [5.41, 5.74) is 0.874. The zero-order valence-electron chi connectivity index (χ0n) is 11.4. The van der Waals surface area contributed by atoms with Crippen LogP contribution in [0.25, 0.3) is 0 Å².